The molecule has 0 bridgehead atoms. The van der Waals surface area contributed by atoms with Crippen molar-refractivity contribution in [2.75, 3.05) is 13.1 Å². The summed E-state index contributed by atoms with van der Waals surface area (Å²) in [6.07, 6.45) is 0. The van der Waals surface area contributed by atoms with Crippen LogP contribution in [0.5, 0.6) is 0 Å². The fourth-order valence-corrected chi connectivity index (χ4v) is 2.24. The van der Waals surface area contributed by atoms with Gasteiger partial charge in [-0.05, 0) is 17.5 Å². The van der Waals surface area contributed by atoms with Gasteiger partial charge in [0.2, 0.25) is 0 Å². The molecule has 1 aliphatic heterocycles. The number of carbonyl (C=O) groups is 1. The molecule has 0 fully saturated rings. The van der Waals surface area contributed by atoms with Crippen LogP contribution in [0.2, 0.25) is 5.02 Å². The fourth-order valence-electron chi connectivity index (χ4n) is 1.88. The maximum atomic E-state index is 11.7. The Morgan fingerprint density at radius 3 is 3.07 bits per heavy atom. The van der Waals surface area contributed by atoms with E-state index < -0.39 is 0 Å². The molecule has 0 radical (unpaired) electrons. The Bertz CT molecular complexity index is 376. The monoisotopic (exact) mass is 209 g/mol. The Hall–Kier alpha value is -0.860. The molecule has 0 aromatic heterocycles. The van der Waals surface area contributed by atoms with E-state index in [1.807, 2.05) is 18.2 Å². The van der Waals surface area contributed by atoms with E-state index in [0.29, 0.717) is 17.5 Å². The number of nitrogens with one attached hydrogen (secondary N) is 1. The van der Waals surface area contributed by atoms with Crippen molar-refractivity contribution in [2.45, 2.75) is 12.8 Å². The van der Waals surface area contributed by atoms with E-state index in [2.05, 4.69) is 12.2 Å². The average Bonchev–Trinajstić information content (AvgIpc) is 2.29. The molecule has 1 aromatic carbocycles. The highest BCUT2D eigenvalue weighted by Gasteiger charge is 2.21. The summed E-state index contributed by atoms with van der Waals surface area (Å²) >= 11 is 6.09. The molecular formula is C11H12ClNO. The quantitative estimate of drug-likeness (QED) is 0.710. The second-order valence-electron chi connectivity index (χ2n) is 3.66. The molecular weight excluding hydrogens is 198 g/mol. The Morgan fingerprint density at radius 2 is 2.29 bits per heavy atom. The topological polar surface area (TPSA) is 29.1 Å². The van der Waals surface area contributed by atoms with Crippen LogP contribution >= 0.6 is 11.6 Å². The second-order valence-corrected chi connectivity index (χ2v) is 4.06. The van der Waals surface area contributed by atoms with Crippen LogP contribution in [-0.2, 0) is 0 Å². The summed E-state index contributed by atoms with van der Waals surface area (Å²) in [6, 6.07) is 5.53. The average molecular weight is 210 g/mol. The Balaban J connectivity index is 2.59. The zero-order chi connectivity index (χ0) is 10.1. The zero-order valence-corrected chi connectivity index (χ0v) is 8.77. The molecule has 1 heterocycles. The van der Waals surface area contributed by atoms with Crippen molar-refractivity contribution in [3.63, 3.8) is 0 Å². The molecule has 0 saturated heterocycles. The lowest BCUT2D eigenvalue weighted by Crippen LogP contribution is -2.22. The summed E-state index contributed by atoms with van der Waals surface area (Å²) in [5, 5.41) is 3.81. The number of hydrogen-bond acceptors (Lipinski definition) is 2. The molecule has 1 N–H and O–H groups in total. The molecule has 1 aromatic rings. The largest absolute Gasteiger partial charge is 0.309 e. The lowest BCUT2D eigenvalue weighted by Gasteiger charge is -2.12. The van der Waals surface area contributed by atoms with Gasteiger partial charge in [0.25, 0.3) is 0 Å². The minimum Gasteiger partial charge on any atom is -0.309 e. The van der Waals surface area contributed by atoms with E-state index in [1.165, 1.54) is 0 Å². The van der Waals surface area contributed by atoms with Crippen molar-refractivity contribution in [3.05, 3.63) is 34.3 Å². The van der Waals surface area contributed by atoms with Gasteiger partial charge in [0.15, 0.2) is 5.78 Å². The molecule has 3 heteroatoms. The number of Topliss-reactive ketones (excluding diaryl/α,β-unsaturated/α-hetero) is 1. The van der Waals surface area contributed by atoms with Gasteiger partial charge in [-0.3, -0.25) is 4.79 Å². The maximum Gasteiger partial charge on any atom is 0.176 e. The van der Waals surface area contributed by atoms with E-state index in [4.69, 9.17) is 11.6 Å². The van der Waals surface area contributed by atoms with Crippen LogP contribution in [0.25, 0.3) is 0 Å². The number of halogens is 1. The van der Waals surface area contributed by atoms with Gasteiger partial charge < -0.3 is 5.32 Å². The predicted octanol–water partition coefficient (Wildman–Crippen LogP) is 2.23. The van der Waals surface area contributed by atoms with Gasteiger partial charge in [-0.25, -0.2) is 0 Å². The Kier molecular flexibility index (Phi) is 2.57. The lowest BCUT2D eigenvalue weighted by molar-refractivity contribution is 0.0994. The summed E-state index contributed by atoms with van der Waals surface area (Å²) in [5.41, 5.74) is 1.76. The first-order chi connectivity index (χ1) is 6.70. The van der Waals surface area contributed by atoms with Crippen molar-refractivity contribution in [1.29, 1.82) is 0 Å². The van der Waals surface area contributed by atoms with Gasteiger partial charge in [-0.1, -0.05) is 30.7 Å². The van der Waals surface area contributed by atoms with E-state index in [-0.39, 0.29) is 5.78 Å². The van der Waals surface area contributed by atoms with E-state index >= 15 is 0 Å². The first kappa shape index (κ1) is 9.69. The Morgan fingerprint density at radius 1 is 1.50 bits per heavy atom. The molecule has 0 amide bonds. The number of rotatable bonds is 0. The number of ketones is 1. The lowest BCUT2D eigenvalue weighted by atomic mass is 9.95. The molecule has 1 aliphatic rings. The zero-order valence-electron chi connectivity index (χ0n) is 8.01. The third-order valence-electron chi connectivity index (χ3n) is 2.58. The smallest absolute Gasteiger partial charge is 0.176 e. The van der Waals surface area contributed by atoms with Gasteiger partial charge >= 0.3 is 0 Å². The van der Waals surface area contributed by atoms with Crippen molar-refractivity contribution in [1.82, 2.24) is 5.32 Å². The van der Waals surface area contributed by atoms with Gasteiger partial charge in [-0.2, -0.15) is 0 Å². The van der Waals surface area contributed by atoms with Gasteiger partial charge in [0.1, 0.15) is 0 Å². The molecule has 14 heavy (non-hydrogen) atoms. The minimum atomic E-state index is 0.131. The van der Waals surface area contributed by atoms with E-state index in [9.17, 15) is 4.79 Å². The molecule has 2 nitrogen and oxygen atoms in total. The Labute approximate surface area is 88.3 Å². The standard InChI is InChI=1S/C11H12ClNO/c1-7-5-13-6-10(14)8-3-2-4-9(12)11(7)8/h2-4,7,13H,5-6H2,1H3. The van der Waals surface area contributed by atoms with Crippen molar-refractivity contribution in [3.8, 4) is 0 Å². The molecule has 1 atom stereocenters. The van der Waals surface area contributed by atoms with Gasteiger partial charge in [0.05, 0.1) is 6.54 Å². The number of hydrogen-bond donors (Lipinski definition) is 1. The van der Waals surface area contributed by atoms with Crippen LogP contribution in [0.3, 0.4) is 0 Å². The SMILES string of the molecule is CC1CNCC(=O)c2cccc(Cl)c21. The van der Waals surface area contributed by atoms with Crippen molar-refractivity contribution < 1.29 is 4.79 Å². The molecule has 0 aliphatic carbocycles. The number of benzene rings is 1. The summed E-state index contributed by atoms with van der Waals surface area (Å²) in [4.78, 5) is 11.7. The third-order valence-corrected chi connectivity index (χ3v) is 2.91. The number of fused-ring (bicyclic) bond motifs is 1. The highest BCUT2D eigenvalue weighted by atomic mass is 35.5. The minimum absolute atomic E-state index is 0.131. The third kappa shape index (κ3) is 1.56. The van der Waals surface area contributed by atoms with Gasteiger partial charge in [0, 0.05) is 17.1 Å². The molecule has 1 unspecified atom stereocenters. The highest BCUT2D eigenvalue weighted by molar-refractivity contribution is 6.32. The molecule has 0 saturated carbocycles. The van der Waals surface area contributed by atoms with Crippen LogP contribution in [0.1, 0.15) is 28.8 Å². The van der Waals surface area contributed by atoms with Crippen LogP contribution in [0.4, 0.5) is 0 Å². The molecule has 74 valence electrons. The fraction of sp³-hybridized carbons (Fsp3) is 0.364. The van der Waals surface area contributed by atoms with Crippen molar-refractivity contribution in [2.24, 2.45) is 0 Å². The van der Waals surface area contributed by atoms with Gasteiger partial charge in [-0.15, -0.1) is 0 Å². The van der Waals surface area contributed by atoms with E-state index in [1.54, 1.807) is 0 Å². The second kappa shape index (κ2) is 3.71. The molecule has 0 spiro atoms. The van der Waals surface area contributed by atoms with Crippen LogP contribution in [-0.4, -0.2) is 18.9 Å². The van der Waals surface area contributed by atoms with Crippen LogP contribution in [0, 0.1) is 0 Å². The van der Waals surface area contributed by atoms with Crippen LogP contribution in [0.15, 0.2) is 18.2 Å². The highest BCUT2D eigenvalue weighted by Crippen LogP contribution is 2.29. The number of carbonyl (C=O) groups excluding carboxylic acids is 1. The first-order valence-electron chi connectivity index (χ1n) is 4.72. The predicted molar refractivity (Wildman–Crippen MR) is 57.1 cm³/mol. The summed E-state index contributed by atoms with van der Waals surface area (Å²) in [5.74, 6) is 0.428. The normalized spacial score (nSPS) is 21.6. The van der Waals surface area contributed by atoms with Crippen LogP contribution < -0.4 is 5.32 Å². The summed E-state index contributed by atoms with van der Waals surface area (Å²) < 4.78 is 0. The first-order valence-corrected chi connectivity index (χ1v) is 5.10. The van der Waals surface area contributed by atoms with Crippen molar-refractivity contribution >= 4 is 17.4 Å². The molecule has 2 rings (SSSR count). The summed E-state index contributed by atoms with van der Waals surface area (Å²) in [6.45, 7) is 3.30. The maximum absolute atomic E-state index is 11.7. The van der Waals surface area contributed by atoms with E-state index in [0.717, 1.165) is 17.7 Å². The summed E-state index contributed by atoms with van der Waals surface area (Å²) in [7, 11) is 0.